The Kier molecular flexibility index (Phi) is 8.55. The van der Waals surface area contributed by atoms with Crippen LogP contribution >= 0.6 is 11.6 Å². The summed E-state index contributed by atoms with van der Waals surface area (Å²) in [5.41, 5.74) is 2.67. The van der Waals surface area contributed by atoms with Gasteiger partial charge in [0.05, 0.1) is 41.4 Å². The van der Waals surface area contributed by atoms with Crippen molar-refractivity contribution in [2.75, 3.05) is 7.11 Å². The van der Waals surface area contributed by atoms with Gasteiger partial charge in [0.1, 0.15) is 0 Å². The zero-order valence-corrected chi connectivity index (χ0v) is 26.6. The van der Waals surface area contributed by atoms with E-state index < -0.39 is 22.4 Å². The number of nitrogens with zero attached hydrogens (tertiary/aromatic N) is 3. The van der Waals surface area contributed by atoms with Crippen LogP contribution in [0.2, 0.25) is 5.02 Å². The molecule has 11 heteroatoms. The summed E-state index contributed by atoms with van der Waals surface area (Å²) < 4.78 is 61.9. The molecule has 6 rings (SSSR count). The Morgan fingerprint density at radius 1 is 0.917 bits per heavy atom. The first-order chi connectivity index (χ1) is 23.1. The molecular formula is C37H22ClF2N3O4S. The van der Waals surface area contributed by atoms with Gasteiger partial charge in [0, 0.05) is 43.8 Å². The van der Waals surface area contributed by atoms with Gasteiger partial charge in [-0.2, -0.15) is 5.26 Å². The van der Waals surface area contributed by atoms with Crippen molar-refractivity contribution in [3.63, 3.8) is 0 Å². The number of ether oxygens (including phenoxy) is 1. The van der Waals surface area contributed by atoms with Crippen molar-refractivity contribution in [2.45, 2.75) is 11.3 Å². The van der Waals surface area contributed by atoms with Gasteiger partial charge in [0.15, 0.2) is 5.69 Å². The van der Waals surface area contributed by atoms with Crippen molar-refractivity contribution >= 4 is 44.2 Å². The van der Waals surface area contributed by atoms with Gasteiger partial charge in [-0.3, -0.25) is 0 Å². The van der Waals surface area contributed by atoms with Gasteiger partial charge >= 0.3 is 5.97 Å². The van der Waals surface area contributed by atoms with Gasteiger partial charge in [-0.15, -0.1) is 0 Å². The zero-order chi connectivity index (χ0) is 34.2. The molecule has 0 aliphatic heterocycles. The normalized spacial score (nSPS) is 11.3. The Morgan fingerprint density at radius 2 is 1.62 bits per heavy atom. The van der Waals surface area contributed by atoms with E-state index in [1.165, 1.54) is 13.2 Å². The highest BCUT2D eigenvalue weighted by Gasteiger charge is 2.31. The van der Waals surface area contributed by atoms with E-state index in [9.17, 15) is 27.3 Å². The molecule has 0 bridgehead atoms. The molecule has 0 amide bonds. The van der Waals surface area contributed by atoms with Crippen LogP contribution in [0.15, 0.2) is 114 Å². The van der Waals surface area contributed by atoms with Gasteiger partial charge < -0.3 is 4.74 Å². The SMILES string of the molecule is [C-]#[N+]c1cccc(C#N)c1-c1c(-c2cccc(-c3ccc(C(=O)OC)cc3Cl)c2)n(S(=O)(=O)c2ccc(C(F)F)cc2)c2ccccc12. The fourth-order valence-electron chi connectivity index (χ4n) is 5.68. The van der Waals surface area contributed by atoms with Crippen LogP contribution in [0.3, 0.4) is 0 Å². The van der Waals surface area contributed by atoms with E-state index in [-0.39, 0.29) is 49.1 Å². The van der Waals surface area contributed by atoms with Gasteiger partial charge in [0.25, 0.3) is 16.4 Å². The second-order valence-electron chi connectivity index (χ2n) is 10.6. The van der Waals surface area contributed by atoms with Crippen LogP contribution < -0.4 is 0 Å². The lowest BCUT2D eigenvalue weighted by Gasteiger charge is -2.16. The standard InChI is InChI=1S/C37H22ClF2N3O4S/c1-42-31-11-6-9-26(21-41)33(31)34-29-10-3-4-12-32(29)43(48(45,46)27-16-13-22(14-17-27)36(39)40)35(34)24-8-5-7-23(19-24)28-18-15-25(20-30(28)38)37(44)47-2/h3-20,36H,2H3. The molecule has 6 aromatic rings. The number of rotatable bonds is 7. The molecule has 1 aromatic heterocycles. The number of esters is 1. The van der Waals surface area contributed by atoms with Gasteiger partial charge in [0.2, 0.25) is 0 Å². The molecule has 0 saturated carbocycles. The summed E-state index contributed by atoms with van der Waals surface area (Å²) in [6.45, 7) is 7.92. The molecule has 0 spiro atoms. The Hall–Kier alpha value is -5.81. The predicted octanol–water partition coefficient (Wildman–Crippen LogP) is 9.68. The van der Waals surface area contributed by atoms with Crippen LogP contribution in [0.4, 0.5) is 14.5 Å². The van der Waals surface area contributed by atoms with Crippen molar-refractivity contribution in [3.05, 3.63) is 142 Å². The van der Waals surface area contributed by atoms with E-state index in [4.69, 9.17) is 22.9 Å². The second-order valence-corrected chi connectivity index (χ2v) is 12.8. The van der Waals surface area contributed by atoms with E-state index in [1.807, 2.05) is 0 Å². The number of aromatic nitrogens is 1. The molecule has 5 aromatic carbocycles. The molecule has 48 heavy (non-hydrogen) atoms. The number of carbonyl (C=O) groups excluding carboxylic acids is 1. The molecule has 0 aliphatic rings. The van der Waals surface area contributed by atoms with Crippen molar-refractivity contribution < 1.29 is 26.7 Å². The number of alkyl halides is 2. The second kappa shape index (κ2) is 12.8. The summed E-state index contributed by atoms with van der Waals surface area (Å²) in [5, 5.41) is 10.9. The molecule has 0 atom stereocenters. The van der Waals surface area contributed by atoms with Crippen LogP contribution in [-0.2, 0) is 14.8 Å². The van der Waals surface area contributed by atoms with E-state index in [2.05, 4.69) is 10.9 Å². The molecule has 0 radical (unpaired) electrons. The van der Waals surface area contributed by atoms with Crippen molar-refractivity contribution in [2.24, 2.45) is 0 Å². The van der Waals surface area contributed by atoms with Gasteiger partial charge in [-0.05, 0) is 48.0 Å². The minimum absolute atomic E-state index is 0.134. The maximum atomic E-state index is 14.6. The smallest absolute Gasteiger partial charge is 0.337 e. The topological polar surface area (TPSA) is 93.5 Å². The number of fused-ring (bicyclic) bond motifs is 1. The average molecular weight is 678 g/mol. The van der Waals surface area contributed by atoms with E-state index in [0.29, 0.717) is 27.6 Å². The third-order valence-corrected chi connectivity index (χ3v) is 9.91. The van der Waals surface area contributed by atoms with Crippen molar-refractivity contribution in [1.82, 2.24) is 3.97 Å². The summed E-state index contributed by atoms with van der Waals surface area (Å²) in [6.07, 6.45) is -2.79. The number of benzene rings is 5. The highest BCUT2D eigenvalue weighted by atomic mass is 35.5. The lowest BCUT2D eigenvalue weighted by Crippen LogP contribution is -2.14. The largest absolute Gasteiger partial charge is 0.465 e. The Morgan fingerprint density at radius 3 is 2.29 bits per heavy atom. The molecule has 236 valence electrons. The summed E-state index contributed by atoms with van der Waals surface area (Å²) in [4.78, 5) is 15.5. The Bertz CT molecular complexity index is 2410. The minimum atomic E-state index is -4.48. The number of halogens is 3. The number of nitriles is 1. The quantitative estimate of drug-likeness (QED) is 0.124. The zero-order valence-electron chi connectivity index (χ0n) is 25.0. The predicted molar refractivity (Wildman–Crippen MR) is 180 cm³/mol. The molecule has 7 nitrogen and oxygen atoms in total. The summed E-state index contributed by atoms with van der Waals surface area (Å²) in [5.74, 6) is -0.565. The first-order valence-corrected chi connectivity index (χ1v) is 16.1. The maximum absolute atomic E-state index is 14.6. The maximum Gasteiger partial charge on any atom is 0.337 e. The Balaban J connectivity index is 1.72. The monoisotopic (exact) mass is 677 g/mol. The van der Waals surface area contributed by atoms with E-state index in [1.54, 1.807) is 78.9 Å². The minimum Gasteiger partial charge on any atom is -0.465 e. The first-order valence-electron chi connectivity index (χ1n) is 14.3. The number of hydrogen-bond acceptors (Lipinski definition) is 5. The fourth-order valence-corrected chi connectivity index (χ4v) is 7.52. The first kappa shape index (κ1) is 32.1. The van der Waals surface area contributed by atoms with Crippen LogP contribution in [0, 0.1) is 17.9 Å². The van der Waals surface area contributed by atoms with Crippen LogP contribution in [-0.4, -0.2) is 25.5 Å². The number of hydrogen-bond donors (Lipinski definition) is 0. The summed E-state index contributed by atoms with van der Waals surface area (Å²) >= 11 is 6.62. The third-order valence-electron chi connectivity index (χ3n) is 7.87. The Labute approximate surface area is 279 Å². The lowest BCUT2D eigenvalue weighted by molar-refractivity contribution is 0.0600. The van der Waals surface area contributed by atoms with Crippen LogP contribution in [0.5, 0.6) is 0 Å². The summed E-state index contributed by atoms with van der Waals surface area (Å²) in [7, 11) is -3.22. The van der Waals surface area contributed by atoms with Gasteiger partial charge in [-0.1, -0.05) is 78.3 Å². The van der Waals surface area contributed by atoms with Crippen molar-refractivity contribution in [3.8, 4) is 39.6 Å². The molecule has 0 N–H and O–H groups in total. The highest BCUT2D eigenvalue weighted by molar-refractivity contribution is 7.90. The highest BCUT2D eigenvalue weighted by Crippen LogP contribution is 2.48. The van der Waals surface area contributed by atoms with E-state index in [0.717, 1.165) is 28.2 Å². The number of carbonyl (C=O) groups is 1. The van der Waals surface area contributed by atoms with Crippen molar-refractivity contribution in [1.29, 1.82) is 5.26 Å². The number of para-hydroxylation sites is 1. The molecule has 0 fully saturated rings. The summed E-state index contributed by atoms with van der Waals surface area (Å²) in [6, 6.07) is 29.4. The molecule has 0 unspecified atom stereocenters. The molecule has 0 aliphatic carbocycles. The number of methoxy groups -OCH3 is 1. The fraction of sp³-hybridized carbons (Fsp3) is 0.0541. The van der Waals surface area contributed by atoms with Crippen LogP contribution in [0.1, 0.15) is 27.9 Å². The van der Waals surface area contributed by atoms with Gasteiger partial charge in [-0.25, -0.2) is 30.8 Å². The molecule has 1 heterocycles. The lowest BCUT2D eigenvalue weighted by atomic mass is 9.92. The average Bonchev–Trinajstić information content (AvgIpc) is 3.46. The van der Waals surface area contributed by atoms with E-state index >= 15 is 0 Å². The molecular weight excluding hydrogens is 656 g/mol. The third kappa shape index (κ3) is 5.47. The molecule has 0 saturated heterocycles. The van der Waals surface area contributed by atoms with Crippen LogP contribution in [0.25, 0.3) is 49.3 Å².